The summed E-state index contributed by atoms with van der Waals surface area (Å²) in [7, 11) is 0. The summed E-state index contributed by atoms with van der Waals surface area (Å²) in [6.07, 6.45) is -0.500. The van der Waals surface area contributed by atoms with Crippen LogP contribution in [0.15, 0.2) is 24.3 Å². The molecule has 0 aliphatic carbocycles. The van der Waals surface area contributed by atoms with Crippen LogP contribution in [0.2, 0.25) is 0 Å². The molecule has 4 heteroatoms. The van der Waals surface area contributed by atoms with Crippen molar-refractivity contribution in [1.82, 2.24) is 0 Å². The van der Waals surface area contributed by atoms with Gasteiger partial charge in [-0.25, -0.2) is 4.79 Å². The Balaban J connectivity index is 0.00000121. The van der Waals surface area contributed by atoms with Gasteiger partial charge < -0.3 is 10.5 Å². The molecule has 96 valence electrons. The first-order valence-electron chi connectivity index (χ1n) is 5.73. The highest BCUT2D eigenvalue weighted by molar-refractivity contribution is 5.88. The third-order valence-corrected chi connectivity index (χ3v) is 1.60. The van der Waals surface area contributed by atoms with Gasteiger partial charge in [0.05, 0.1) is 11.4 Å². The first kappa shape index (κ1) is 15.3. The number of para-hydroxylation sites is 2. The molecule has 0 fully saturated rings. The van der Waals surface area contributed by atoms with Crippen molar-refractivity contribution < 1.29 is 9.53 Å². The van der Waals surface area contributed by atoms with Crippen molar-refractivity contribution in [3.8, 4) is 0 Å². The average molecular weight is 238 g/mol. The number of amides is 1. The lowest BCUT2D eigenvalue weighted by Gasteiger charge is -2.20. The summed E-state index contributed by atoms with van der Waals surface area (Å²) in [6.45, 7) is 9.42. The second kappa shape index (κ2) is 6.78. The number of anilines is 2. The molecule has 0 aromatic heterocycles. The van der Waals surface area contributed by atoms with Crippen LogP contribution in [-0.2, 0) is 4.74 Å². The van der Waals surface area contributed by atoms with Crippen molar-refractivity contribution in [2.24, 2.45) is 0 Å². The maximum absolute atomic E-state index is 11.4. The van der Waals surface area contributed by atoms with Crippen LogP contribution < -0.4 is 11.1 Å². The van der Waals surface area contributed by atoms with Crippen molar-refractivity contribution in [3.63, 3.8) is 0 Å². The number of carbonyl (C=O) groups is 1. The molecule has 4 nitrogen and oxygen atoms in total. The zero-order chi connectivity index (χ0) is 13.5. The van der Waals surface area contributed by atoms with Gasteiger partial charge in [-0.2, -0.15) is 0 Å². The first-order valence-corrected chi connectivity index (χ1v) is 5.73. The number of hydrogen-bond donors (Lipinski definition) is 2. The monoisotopic (exact) mass is 238 g/mol. The van der Waals surface area contributed by atoms with Crippen LogP contribution >= 0.6 is 0 Å². The van der Waals surface area contributed by atoms with Gasteiger partial charge in [-0.05, 0) is 32.9 Å². The number of ether oxygens (including phenoxy) is 1. The Bertz CT molecular complexity index is 357. The van der Waals surface area contributed by atoms with Gasteiger partial charge in [-0.1, -0.05) is 26.0 Å². The second-order valence-corrected chi connectivity index (χ2v) is 4.21. The maximum atomic E-state index is 11.4. The summed E-state index contributed by atoms with van der Waals surface area (Å²) >= 11 is 0. The quantitative estimate of drug-likeness (QED) is 0.734. The highest BCUT2D eigenvalue weighted by Crippen LogP contribution is 2.18. The van der Waals surface area contributed by atoms with Gasteiger partial charge in [0.15, 0.2) is 0 Å². The van der Waals surface area contributed by atoms with Crippen LogP contribution in [0.4, 0.5) is 16.2 Å². The minimum Gasteiger partial charge on any atom is -0.444 e. The molecule has 1 aromatic rings. The molecule has 1 amide bonds. The molecular weight excluding hydrogens is 216 g/mol. The molecule has 3 N–H and O–H groups in total. The van der Waals surface area contributed by atoms with E-state index < -0.39 is 11.7 Å². The summed E-state index contributed by atoms with van der Waals surface area (Å²) in [5.41, 5.74) is 6.23. The van der Waals surface area contributed by atoms with E-state index in [9.17, 15) is 4.79 Å². The van der Waals surface area contributed by atoms with Gasteiger partial charge in [0.25, 0.3) is 0 Å². The molecule has 0 saturated heterocycles. The van der Waals surface area contributed by atoms with Gasteiger partial charge in [0.2, 0.25) is 0 Å². The van der Waals surface area contributed by atoms with Crippen molar-refractivity contribution in [2.45, 2.75) is 40.2 Å². The number of nitrogens with one attached hydrogen (secondary N) is 1. The summed E-state index contributed by atoms with van der Waals surface area (Å²) in [5.74, 6) is 0. The van der Waals surface area contributed by atoms with E-state index in [1.165, 1.54) is 0 Å². The Hall–Kier alpha value is -1.71. The zero-order valence-electron chi connectivity index (χ0n) is 11.2. The standard InChI is InChI=1S/C11H16N2O2.C2H6/c1-11(2,3)15-10(14)13-9-7-5-4-6-8(9)12;1-2/h4-7H,12H2,1-3H3,(H,13,14);1-2H3. The van der Waals surface area contributed by atoms with Crippen molar-refractivity contribution in [1.29, 1.82) is 0 Å². The Morgan fingerprint density at radius 2 is 1.76 bits per heavy atom. The summed E-state index contributed by atoms with van der Waals surface area (Å²) in [5, 5.41) is 2.58. The molecule has 0 saturated carbocycles. The fourth-order valence-corrected chi connectivity index (χ4v) is 1.02. The van der Waals surface area contributed by atoms with E-state index in [4.69, 9.17) is 10.5 Å². The molecule has 0 aliphatic rings. The van der Waals surface area contributed by atoms with Gasteiger partial charge in [-0.3, -0.25) is 5.32 Å². The average Bonchev–Trinajstić information content (AvgIpc) is 2.22. The van der Waals surface area contributed by atoms with E-state index in [2.05, 4.69) is 5.32 Å². The van der Waals surface area contributed by atoms with E-state index in [0.29, 0.717) is 11.4 Å². The normalized spacial score (nSPS) is 9.94. The number of carbonyl (C=O) groups excluding carboxylic acids is 1. The highest BCUT2D eigenvalue weighted by atomic mass is 16.6. The van der Waals surface area contributed by atoms with Crippen LogP contribution in [0, 0.1) is 0 Å². The minimum absolute atomic E-state index is 0.500. The van der Waals surface area contributed by atoms with Crippen LogP contribution in [0.1, 0.15) is 34.6 Å². The van der Waals surface area contributed by atoms with E-state index in [1.54, 1.807) is 45.0 Å². The fraction of sp³-hybridized carbons (Fsp3) is 0.462. The number of benzene rings is 1. The van der Waals surface area contributed by atoms with E-state index in [1.807, 2.05) is 13.8 Å². The first-order chi connectivity index (χ1) is 7.88. The molecule has 0 atom stereocenters. The van der Waals surface area contributed by atoms with Gasteiger partial charge >= 0.3 is 6.09 Å². The number of nitrogens with two attached hydrogens (primary N) is 1. The molecule has 0 aliphatic heterocycles. The lowest BCUT2D eigenvalue weighted by Crippen LogP contribution is -2.27. The second-order valence-electron chi connectivity index (χ2n) is 4.21. The fourth-order valence-electron chi connectivity index (χ4n) is 1.02. The molecule has 1 rings (SSSR count). The van der Waals surface area contributed by atoms with Crippen molar-refractivity contribution >= 4 is 17.5 Å². The summed E-state index contributed by atoms with van der Waals surface area (Å²) < 4.78 is 5.09. The van der Waals surface area contributed by atoms with E-state index >= 15 is 0 Å². The Kier molecular flexibility index (Phi) is 6.10. The maximum Gasteiger partial charge on any atom is 0.412 e. The van der Waals surface area contributed by atoms with E-state index in [-0.39, 0.29) is 0 Å². The zero-order valence-corrected chi connectivity index (χ0v) is 11.2. The minimum atomic E-state index is -0.506. The number of nitrogen functional groups attached to an aromatic ring is 1. The molecule has 1 aromatic carbocycles. The Labute approximate surface area is 103 Å². The van der Waals surface area contributed by atoms with Gasteiger partial charge in [-0.15, -0.1) is 0 Å². The predicted octanol–water partition coefficient (Wildman–Crippen LogP) is 3.64. The topological polar surface area (TPSA) is 64.3 Å². The third-order valence-electron chi connectivity index (χ3n) is 1.60. The predicted molar refractivity (Wildman–Crippen MR) is 72.1 cm³/mol. The van der Waals surface area contributed by atoms with Gasteiger partial charge in [0.1, 0.15) is 5.60 Å². The lowest BCUT2D eigenvalue weighted by molar-refractivity contribution is 0.0636. The van der Waals surface area contributed by atoms with Crippen LogP contribution in [0.25, 0.3) is 0 Å². The SMILES string of the molecule is CC.CC(C)(C)OC(=O)Nc1ccccc1N. The highest BCUT2D eigenvalue weighted by Gasteiger charge is 2.16. The number of hydrogen-bond acceptors (Lipinski definition) is 3. The summed E-state index contributed by atoms with van der Waals surface area (Å²) in [6, 6.07) is 7.03. The van der Waals surface area contributed by atoms with Crippen LogP contribution in [0.3, 0.4) is 0 Å². The Morgan fingerprint density at radius 3 is 2.24 bits per heavy atom. The Morgan fingerprint density at radius 1 is 1.24 bits per heavy atom. The molecule has 0 bridgehead atoms. The molecule has 0 radical (unpaired) electrons. The molecule has 0 heterocycles. The largest absolute Gasteiger partial charge is 0.444 e. The van der Waals surface area contributed by atoms with Crippen molar-refractivity contribution in [3.05, 3.63) is 24.3 Å². The van der Waals surface area contributed by atoms with E-state index in [0.717, 1.165) is 0 Å². The summed E-state index contributed by atoms with van der Waals surface area (Å²) in [4.78, 5) is 11.4. The lowest BCUT2D eigenvalue weighted by atomic mass is 10.2. The molecule has 0 unspecified atom stereocenters. The number of rotatable bonds is 1. The molecule has 17 heavy (non-hydrogen) atoms. The van der Waals surface area contributed by atoms with Crippen molar-refractivity contribution in [2.75, 3.05) is 11.1 Å². The van der Waals surface area contributed by atoms with Crippen LogP contribution in [0.5, 0.6) is 0 Å². The van der Waals surface area contributed by atoms with Gasteiger partial charge in [0, 0.05) is 0 Å². The smallest absolute Gasteiger partial charge is 0.412 e. The molecule has 0 spiro atoms. The molecular formula is C13H22N2O2. The van der Waals surface area contributed by atoms with Crippen LogP contribution in [-0.4, -0.2) is 11.7 Å². The third kappa shape index (κ3) is 6.45.